The van der Waals surface area contributed by atoms with Crippen molar-refractivity contribution in [3.8, 4) is 0 Å². The Kier molecular flexibility index (Phi) is 4.90. The van der Waals surface area contributed by atoms with Gasteiger partial charge < -0.3 is 5.32 Å². The number of hydrogen-bond donors (Lipinski definition) is 1. The average molecular weight is 245 g/mol. The van der Waals surface area contributed by atoms with Crippen LogP contribution < -0.4 is 5.32 Å². The Morgan fingerprint density at radius 1 is 1.50 bits per heavy atom. The molecular formula is C15H23N3. The number of rotatable bonds is 8. The molecule has 1 aromatic heterocycles. The predicted molar refractivity (Wildman–Crippen MR) is 75.2 cm³/mol. The first-order chi connectivity index (χ1) is 8.83. The fourth-order valence-electron chi connectivity index (χ4n) is 2.08. The molecule has 1 N–H and O–H groups in total. The lowest BCUT2D eigenvalue weighted by molar-refractivity contribution is 0.280. The lowest BCUT2D eigenvalue weighted by Crippen LogP contribution is -2.26. The van der Waals surface area contributed by atoms with E-state index in [4.69, 9.17) is 0 Å². The molecule has 1 aliphatic rings. The molecule has 0 unspecified atom stereocenters. The van der Waals surface area contributed by atoms with E-state index in [1.54, 1.807) is 0 Å². The van der Waals surface area contributed by atoms with Crippen molar-refractivity contribution in [2.75, 3.05) is 13.1 Å². The van der Waals surface area contributed by atoms with Crippen LogP contribution in [0.4, 0.5) is 0 Å². The van der Waals surface area contributed by atoms with Gasteiger partial charge in [-0.3, -0.25) is 9.88 Å². The van der Waals surface area contributed by atoms with Crippen LogP contribution in [-0.2, 0) is 13.1 Å². The molecule has 1 fully saturated rings. The van der Waals surface area contributed by atoms with Gasteiger partial charge in [0.2, 0.25) is 0 Å². The first-order valence-electron chi connectivity index (χ1n) is 6.83. The molecule has 1 aromatic rings. The highest BCUT2D eigenvalue weighted by molar-refractivity contribution is 5.14. The molecule has 0 spiro atoms. The summed E-state index contributed by atoms with van der Waals surface area (Å²) in [5.74, 6) is 0. The predicted octanol–water partition coefficient (Wildman–Crippen LogP) is 2.34. The van der Waals surface area contributed by atoms with Crippen molar-refractivity contribution in [3.05, 3.63) is 42.2 Å². The Morgan fingerprint density at radius 2 is 2.33 bits per heavy atom. The van der Waals surface area contributed by atoms with Crippen LogP contribution >= 0.6 is 0 Å². The normalized spacial score (nSPS) is 15.0. The maximum absolute atomic E-state index is 4.55. The molecule has 0 atom stereocenters. The van der Waals surface area contributed by atoms with Gasteiger partial charge in [-0.25, -0.2) is 0 Å². The van der Waals surface area contributed by atoms with Crippen molar-refractivity contribution >= 4 is 0 Å². The molecule has 0 saturated heterocycles. The highest BCUT2D eigenvalue weighted by atomic mass is 15.2. The summed E-state index contributed by atoms with van der Waals surface area (Å²) >= 11 is 0. The fourth-order valence-corrected chi connectivity index (χ4v) is 2.08. The molecular weight excluding hydrogens is 222 g/mol. The fraction of sp³-hybridized carbons (Fsp3) is 0.533. The lowest BCUT2D eigenvalue weighted by atomic mass is 10.2. The zero-order valence-electron chi connectivity index (χ0n) is 11.2. The van der Waals surface area contributed by atoms with Crippen LogP contribution in [0.5, 0.6) is 0 Å². The van der Waals surface area contributed by atoms with E-state index in [2.05, 4.69) is 40.8 Å². The van der Waals surface area contributed by atoms with E-state index in [1.807, 2.05) is 12.3 Å². The average Bonchev–Trinajstić information content (AvgIpc) is 3.22. The quantitative estimate of drug-likeness (QED) is 0.713. The van der Waals surface area contributed by atoms with Gasteiger partial charge in [-0.1, -0.05) is 19.1 Å². The van der Waals surface area contributed by atoms with Gasteiger partial charge in [-0.05, 0) is 31.0 Å². The van der Waals surface area contributed by atoms with E-state index in [0.29, 0.717) is 0 Å². The SMILES string of the molecule is C=CCN(Cc1ccc(CNCC)cn1)C1CC1. The van der Waals surface area contributed by atoms with Crippen molar-refractivity contribution < 1.29 is 0 Å². The Balaban J connectivity index is 1.89. The highest BCUT2D eigenvalue weighted by Crippen LogP contribution is 2.27. The first-order valence-corrected chi connectivity index (χ1v) is 6.83. The Hall–Kier alpha value is -1.19. The second kappa shape index (κ2) is 6.66. The van der Waals surface area contributed by atoms with E-state index in [-0.39, 0.29) is 0 Å². The van der Waals surface area contributed by atoms with Gasteiger partial charge >= 0.3 is 0 Å². The topological polar surface area (TPSA) is 28.2 Å². The minimum atomic E-state index is 0.756. The lowest BCUT2D eigenvalue weighted by Gasteiger charge is -2.19. The molecule has 0 bridgehead atoms. The number of hydrogen-bond acceptors (Lipinski definition) is 3. The summed E-state index contributed by atoms with van der Waals surface area (Å²) in [6.07, 6.45) is 6.62. The van der Waals surface area contributed by atoms with E-state index < -0.39 is 0 Å². The zero-order chi connectivity index (χ0) is 12.8. The van der Waals surface area contributed by atoms with Crippen LogP contribution in [0.15, 0.2) is 31.0 Å². The maximum atomic E-state index is 4.55. The Morgan fingerprint density at radius 3 is 2.89 bits per heavy atom. The van der Waals surface area contributed by atoms with Crippen LogP contribution in [0.2, 0.25) is 0 Å². The van der Waals surface area contributed by atoms with Crippen LogP contribution in [0.1, 0.15) is 31.0 Å². The molecule has 1 saturated carbocycles. The van der Waals surface area contributed by atoms with E-state index >= 15 is 0 Å². The third-order valence-electron chi connectivity index (χ3n) is 3.26. The second-order valence-corrected chi connectivity index (χ2v) is 4.89. The Bertz CT molecular complexity index is 368. The van der Waals surface area contributed by atoms with E-state index in [1.165, 1.54) is 18.4 Å². The van der Waals surface area contributed by atoms with Crippen molar-refractivity contribution in [1.29, 1.82) is 0 Å². The molecule has 18 heavy (non-hydrogen) atoms. The number of nitrogens with one attached hydrogen (secondary N) is 1. The summed E-state index contributed by atoms with van der Waals surface area (Å²) in [7, 11) is 0. The monoisotopic (exact) mass is 245 g/mol. The van der Waals surface area contributed by atoms with Gasteiger partial charge in [-0.15, -0.1) is 6.58 Å². The van der Waals surface area contributed by atoms with E-state index in [0.717, 1.165) is 37.9 Å². The summed E-state index contributed by atoms with van der Waals surface area (Å²) < 4.78 is 0. The Labute approximate surface area is 110 Å². The third kappa shape index (κ3) is 3.93. The van der Waals surface area contributed by atoms with E-state index in [9.17, 15) is 0 Å². The molecule has 0 aliphatic heterocycles. The molecule has 3 heteroatoms. The highest BCUT2D eigenvalue weighted by Gasteiger charge is 2.28. The molecule has 0 amide bonds. The van der Waals surface area contributed by atoms with Gasteiger partial charge in [0.15, 0.2) is 0 Å². The van der Waals surface area contributed by atoms with Crippen molar-refractivity contribution in [2.45, 2.75) is 38.9 Å². The smallest absolute Gasteiger partial charge is 0.0544 e. The number of pyridine rings is 1. The zero-order valence-corrected chi connectivity index (χ0v) is 11.2. The van der Waals surface area contributed by atoms with Crippen LogP contribution in [-0.4, -0.2) is 29.0 Å². The largest absolute Gasteiger partial charge is 0.313 e. The van der Waals surface area contributed by atoms with Crippen LogP contribution in [0.25, 0.3) is 0 Å². The first kappa shape index (κ1) is 13.2. The number of aromatic nitrogens is 1. The summed E-state index contributed by atoms with van der Waals surface area (Å²) in [5, 5.41) is 3.31. The van der Waals surface area contributed by atoms with Crippen LogP contribution in [0.3, 0.4) is 0 Å². The molecule has 1 aliphatic carbocycles. The third-order valence-corrected chi connectivity index (χ3v) is 3.26. The second-order valence-electron chi connectivity index (χ2n) is 4.89. The van der Waals surface area contributed by atoms with Gasteiger partial charge in [0.1, 0.15) is 0 Å². The standard InChI is InChI=1S/C15H23N3/c1-3-9-18(15-7-8-15)12-14-6-5-13(11-17-14)10-16-4-2/h3,5-6,11,15-16H,1,4,7-10,12H2,2H3. The molecule has 0 aromatic carbocycles. The summed E-state index contributed by atoms with van der Waals surface area (Å²) in [6.45, 7) is 9.75. The van der Waals surface area contributed by atoms with Crippen molar-refractivity contribution in [3.63, 3.8) is 0 Å². The summed E-state index contributed by atoms with van der Waals surface area (Å²) in [6, 6.07) is 5.07. The molecule has 3 nitrogen and oxygen atoms in total. The molecule has 98 valence electrons. The van der Waals surface area contributed by atoms with Gasteiger partial charge in [0.05, 0.1) is 5.69 Å². The van der Waals surface area contributed by atoms with Gasteiger partial charge in [0, 0.05) is 31.9 Å². The minimum Gasteiger partial charge on any atom is -0.313 e. The number of nitrogens with zero attached hydrogens (tertiary/aromatic N) is 2. The van der Waals surface area contributed by atoms with Crippen LogP contribution in [0, 0.1) is 0 Å². The maximum Gasteiger partial charge on any atom is 0.0544 e. The summed E-state index contributed by atoms with van der Waals surface area (Å²) in [5.41, 5.74) is 2.41. The van der Waals surface area contributed by atoms with Gasteiger partial charge in [0.25, 0.3) is 0 Å². The minimum absolute atomic E-state index is 0.756. The molecule has 2 rings (SSSR count). The van der Waals surface area contributed by atoms with Crippen molar-refractivity contribution in [1.82, 2.24) is 15.2 Å². The molecule has 1 heterocycles. The van der Waals surface area contributed by atoms with Gasteiger partial charge in [-0.2, -0.15) is 0 Å². The van der Waals surface area contributed by atoms with Crippen molar-refractivity contribution in [2.24, 2.45) is 0 Å². The molecule has 0 radical (unpaired) electrons. The summed E-state index contributed by atoms with van der Waals surface area (Å²) in [4.78, 5) is 7.01.